The van der Waals surface area contributed by atoms with Gasteiger partial charge in [-0.05, 0) is 34.2 Å². The number of rotatable bonds is 6. The number of anilines is 2. The van der Waals surface area contributed by atoms with Crippen LogP contribution in [0.1, 0.15) is 17.0 Å². The molecule has 1 aromatic carbocycles. The number of methoxy groups -OCH3 is 1. The number of tetrazole rings is 1. The quantitative estimate of drug-likeness (QED) is 0.665. The maximum Gasteiger partial charge on any atom is 0.433 e. The number of hydrogen-bond acceptors (Lipinski definition) is 8. The first kappa shape index (κ1) is 18.5. The zero-order valence-electron chi connectivity index (χ0n) is 14.0. The van der Waals surface area contributed by atoms with Gasteiger partial charge in [-0.25, -0.2) is 14.6 Å². The van der Waals surface area contributed by atoms with Crippen molar-refractivity contribution in [1.82, 2.24) is 30.2 Å². The van der Waals surface area contributed by atoms with Crippen LogP contribution < -0.4 is 10.1 Å². The summed E-state index contributed by atoms with van der Waals surface area (Å²) in [6.07, 6.45) is -4.68. The van der Waals surface area contributed by atoms with Gasteiger partial charge >= 0.3 is 6.18 Å². The second-order valence-electron chi connectivity index (χ2n) is 5.36. The van der Waals surface area contributed by atoms with Crippen molar-refractivity contribution in [2.45, 2.75) is 19.3 Å². The summed E-state index contributed by atoms with van der Waals surface area (Å²) >= 11 is 0. The number of alkyl halides is 3. The van der Waals surface area contributed by atoms with Crippen molar-refractivity contribution in [1.29, 1.82) is 0 Å². The van der Waals surface area contributed by atoms with Crippen LogP contribution >= 0.6 is 0 Å². The van der Waals surface area contributed by atoms with Gasteiger partial charge in [0.15, 0.2) is 0 Å². The van der Waals surface area contributed by atoms with Crippen molar-refractivity contribution >= 4 is 11.9 Å². The first-order chi connectivity index (χ1) is 12.9. The lowest BCUT2D eigenvalue weighted by molar-refractivity contribution is -0.141. The minimum absolute atomic E-state index is 0.0500. The topological polar surface area (TPSA) is 111 Å². The number of halogens is 3. The van der Waals surface area contributed by atoms with E-state index in [4.69, 9.17) is 9.84 Å². The standard InChI is InChI=1S/C15H14F3N7O2/c1-27-11-4-2-9(3-5-11)7-25-14(22-23-24-25)21-13-19-10(8-26)6-12(20-13)15(16,17)18/h2-6,26H,7-8H2,1H3,(H,19,20,21,22,24). The summed E-state index contributed by atoms with van der Waals surface area (Å²) in [5.41, 5.74) is -0.528. The van der Waals surface area contributed by atoms with Crippen LogP contribution in [0.3, 0.4) is 0 Å². The largest absolute Gasteiger partial charge is 0.497 e. The predicted octanol–water partition coefficient (Wildman–Crippen LogP) is 1.77. The average Bonchev–Trinajstić information content (AvgIpc) is 3.08. The number of aliphatic hydroxyl groups is 1. The number of ether oxygens (including phenoxy) is 1. The van der Waals surface area contributed by atoms with Gasteiger partial charge in [-0.2, -0.15) is 13.2 Å². The minimum Gasteiger partial charge on any atom is -0.497 e. The number of nitrogens with one attached hydrogen (secondary N) is 1. The maximum atomic E-state index is 12.9. The fourth-order valence-electron chi connectivity index (χ4n) is 2.18. The molecule has 0 saturated heterocycles. The summed E-state index contributed by atoms with van der Waals surface area (Å²) in [5, 5.41) is 22.7. The van der Waals surface area contributed by atoms with E-state index in [-0.39, 0.29) is 24.1 Å². The summed E-state index contributed by atoms with van der Waals surface area (Å²) in [7, 11) is 1.55. The zero-order valence-corrected chi connectivity index (χ0v) is 14.0. The number of aliphatic hydroxyl groups excluding tert-OH is 1. The summed E-state index contributed by atoms with van der Waals surface area (Å²) < 4.78 is 45.2. The third-order valence-corrected chi connectivity index (χ3v) is 3.48. The monoisotopic (exact) mass is 381 g/mol. The van der Waals surface area contributed by atoms with Gasteiger partial charge in [-0.15, -0.1) is 0 Å². The fraction of sp³-hybridized carbons (Fsp3) is 0.267. The van der Waals surface area contributed by atoms with Crippen molar-refractivity contribution in [2.75, 3.05) is 12.4 Å². The zero-order chi connectivity index (χ0) is 19.4. The van der Waals surface area contributed by atoms with Crippen molar-refractivity contribution in [3.8, 4) is 5.75 Å². The van der Waals surface area contributed by atoms with Gasteiger partial charge < -0.3 is 9.84 Å². The molecule has 12 heteroatoms. The van der Waals surface area contributed by atoms with E-state index in [1.165, 1.54) is 4.68 Å². The normalized spacial score (nSPS) is 11.4. The first-order valence-corrected chi connectivity index (χ1v) is 7.61. The van der Waals surface area contributed by atoms with Crippen molar-refractivity contribution in [2.24, 2.45) is 0 Å². The second kappa shape index (κ2) is 7.53. The molecule has 0 amide bonds. The maximum absolute atomic E-state index is 12.9. The van der Waals surface area contributed by atoms with Gasteiger partial charge in [0.05, 0.1) is 26.0 Å². The molecule has 2 heterocycles. The molecule has 0 saturated carbocycles. The van der Waals surface area contributed by atoms with Crippen LogP contribution in [0, 0.1) is 0 Å². The van der Waals surface area contributed by atoms with E-state index in [1.807, 2.05) is 0 Å². The lowest BCUT2D eigenvalue weighted by Gasteiger charge is -2.11. The number of hydrogen-bond donors (Lipinski definition) is 2. The molecule has 0 atom stereocenters. The molecule has 0 bridgehead atoms. The molecule has 0 aliphatic rings. The highest BCUT2D eigenvalue weighted by atomic mass is 19.4. The Morgan fingerprint density at radius 2 is 1.93 bits per heavy atom. The van der Waals surface area contributed by atoms with Gasteiger partial charge in [0.25, 0.3) is 0 Å². The van der Waals surface area contributed by atoms with Gasteiger partial charge in [-0.1, -0.05) is 17.2 Å². The Bertz CT molecular complexity index is 913. The molecule has 0 spiro atoms. The lowest BCUT2D eigenvalue weighted by Crippen LogP contribution is -2.14. The van der Waals surface area contributed by atoms with Crippen LogP contribution in [-0.4, -0.2) is 42.4 Å². The van der Waals surface area contributed by atoms with E-state index in [9.17, 15) is 13.2 Å². The van der Waals surface area contributed by atoms with E-state index >= 15 is 0 Å². The average molecular weight is 381 g/mol. The minimum atomic E-state index is -4.68. The Labute approximate surface area is 150 Å². The van der Waals surface area contributed by atoms with Crippen LogP contribution in [0.15, 0.2) is 30.3 Å². The van der Waals surface area contributed by atoms with Crippen LogP contribution in [0.25, 0.3) is 0 Å². The molecule has 0 aliphatic heterocycles. The van der Waals surface area contributed by atoms with E-state index in [0.29, 0.717) is 11.8 Å². The number of nitrogens with zero attached hydrogens (tertiary/aromatic N) is 6. The Hall–Kier alpha value is -3.28. The Morgan fingerprint density at radius 1 is 1.19 bits per heavy atom. The molecule has 0 radical (unpaired) electrons. The smallest absolute Gasteiger partial charge is 0.433 e. The summed E-state index contributed by atoms with van der Waals surface area (Å²) in [4.78, 5) is 7.23. The molecule has 9 nitrogen and oxygen atoms in total. The summed E-state index contributed by atoms with van der Waals surface area (Å²) in [6.45, 7) is -0.414. The van der Waals surface area contributed by atoms with Gasteiger partial charge in [0.2, 0.25) is 11.9 Å². The summed E-state index contributed by atoms with van der Waals surface area (Å²) in [5.74, 6) is 0.358. The molecule has 0 fully saturated rings. The van der Waals surface area contributed by atoms with Crippen LogP contribution in [-0.2, 0) is 19.3 Å². The van der Waals surface area contributed by atoms with E-state index in [0.717, 1.165) is 5.56 Å². The molecular formula is C15H14F3N7O2. The highest BCUT2D eigenvalue weighted by Gasteiger charge is 2.33. The number of aromatic nitrogens is 6. The first-order valence-electron chi connectivity index (χ1n) is 7.61. The highest BCUT2D eigenvalue weighted by molar-refractivity contribution is 5.43. The second-order valence-corrected chi connectivity index (χ2v) is 5.36. The highest BCUT2D eigenvalue weighted by Crippen LogP contribution is 2.29. The third kappa shape index (κ3) is 4.47. The van der Waals surface area contributed by atoms with Crippen LogP contribution in [0.2, 0.25) is 0 Å². The van der Waals surface area contributed by atoms with E-state index in [2.05, 4.69) is 30.8 Å². The SMILES string of the molecule is COc1ccc(Cn2nnnc2Nc2nc(CO)cc(C(F)(F)F)n2)cc1. The van der Waals surface area contributed by atoms with E-state index in [1.54, 1.807) is 31.4 Å². The molecule has 2 aromatic heterocycles. The van der Waals surface area contributed by atoms with Crippen molar-refractivity contribution in [3.63, 3.8) is 0 Å². The fourth-order valence-corrected chi connectivity index (χ4v) is 2.18. The Morgan fingerprint density at radius 3 is 2.56 bits per heavy atom. The lowest BCUT2D eigenvalue weighted by atomic mass is 10.2. The molecular weight excluding hydrogens is 367 g/mol. The molecule has 3 rings (SSSR count). The molecule has 0 aliphatic carbocycles. The van der Waals surface area contributed by atoms with Gasteiger partial charge in [0, 0.05) is 0 Å². The Kier molecular flexibility index (Phi) is 5.16. The van der Waals surface area contributed by atoms with Crippen LogP contribution in [0.5, 0.6) is 5.75 Å². The third-order valence-electron chi connectivity index (χ3n) is 3.48. The van der Waals surface area contributed by atoms with E-state index < -0.39 is 18.5 Å². The van der Waals surface area contributed by atoms with Crippen molar-refractivity contribution in [3.05, 3.63) is 47.3 Å². The van der Waals surface area contributed by atoms with Crippen LogP contribution in [0.4, 0.5) is 25.1 Å². The van der Waals surface area contributed by atoms with Gasteiger partial charge in [0.1, 0.15) is 11.4 Å². The molecule has 2 N–H and O–H groups in total. The molecule has 3 aromatic rings. The van der Waals surface area contributed by atoms with Gasteiger partial charge in [-0.3, -0.25) is 5.32 Å². The molecule has 0 unspecified atom stereocenters. The Balaban J connectivity index is 1.83. The molecule has 142 valence electrons. The number of benzene rings is 1. The molecule has 27 heavy (non-hydrogen) atoms. The predicted molar refractivity (Wildman–Crippen MR) is 86.2 cm³/mol. The van der Waals surface area contributed by atoms with Crippen molar-refractivity contribution < 1.29 is 23.0 Å². The summed E-state index contributed by atoms with van der Waals surface area (Å²) in [6, 6.07) is 7.79.